The maximum atomic E-state index is 4.10. The largest absolute Gasteiger partial charge is 0.319 e. The Balaban J connectivity index is 1.99. The molecule has 1 aromatic carbocycles. The van der Waals surface area contributed by atoms with Crippen molar-refractivity contribution in [3.05, 3.63) is 46.0 Å². The lowest BCUT2D eigenvalue weighted by molar-refractivity contribution is 0.528. The lowest BCUT2D eigenvalue weighted by atomic mass is 10.1. The normalized spacial score (nSPS) is 12.7. The third kappa shape index (κ3) is 2.97. The second-order valence-electron chi connectivity index (χ2n) is 4.49. The van der Waals surface area contributed by atoms with Gasteiger partial charge in [-0.3, -0.25) is 0 Å². The van der Waals surface area contributed by atoms with Gasteiger partial charge in [-0.2, -0.15) is 0 Å². The van der Waals surface area contributed by atoms with E-state index >= 15 is 0 Å². The Morgan fingerprint density at radius 3 is 2.83 bits per heavy atom. The highest BCUT2D eigenvalue weighted by Crippen LogP contribution is 2.18. The maximum Gasteiger partial charge on any atom is 0.149 e. The lowest BCUT2D eigenvalue weighted by Crippen LogP contribution is -2.21. The van der Waals surface area contributed by atoms with Crippen molar-refractivity contribution in [2.24, 2.45) is 7.05 Å². The van der Waals surface area contributed by atoms with Crippen molar-refractivity contribution in [3.63, 3.8) is 0 Å². The van der Waals surface area contributed by atoms with Gasteiger partial charge in [0.2, 0.25) is 0 Å². The summed E-state index contributed by atoms with van der Waals surface area (Å²) < 4.78 is 3.08. The Hall–Kier alpha value is -1.20. The fourth-order valence-corrected chi connectivity index (χ4v) is 2.22. The van der Waals surface area contributed by atoms with Crippen LogP contribution in [0.4, 0.5) is 0 Å². The molecule has 0 aliphatic heterocycles. The van der Waals surface area contributed by atoms with Crippen molar-refractivity contribution in [1.82, 2.24) is 20.1 Å². The van der Waals surface area contributed by atoms with Crippen LogP contribution in [0.25, 0.3) is 0 Å². The number of hydrogen-bond donors (Lipinski definition) is 1. The highest BCUT2D eigenvalue weighted by atomic mass is 79.9. The molecule has 0 fully saturated rings. The van der Waals surface area contributed by atoms with Crippen molar-refractivity contribution in [2.75, 3.05) is 0 Å². The summed E-state index contributed by atoms with van der Waals surface area (Å²) >= 11 is 3.55. The summed E-state index contributed by atoms with van der Waals surface area (Å²) in [7, 11) is 1.95. The molecule has 1 heterocycles. The standard InChI is InChI=1S/C13H17BrN4/c1-9-4-5-11(6-12(9)14)7-15-10(2)13-17-16-8-18(13)3/h4-6,8,10,15H,7H2,1-3H3. The minimum atomic E-state index is 0.178. The molecule has 0 radical (unpaired) electrons. The molecule has 0 spiro atoms. The number of nitrogens with zero attached hydrogens (tertiary/aromatic N) is 3. The van der Waals surface area contributed by atoms with Gasteiger partial charge < -0.3 is 9.88 Å². The third-order valence-corrected chi connectivity index (χ3v) is 3.84. The van der Waals surface area contributed by atoms with Crippen LogP contribution in [-0.2, 0) is 13.6 Å². The molecule has 2 rings (SSSR count). The van der Waals surface area contributed by atoms with Gasteiger partial charge in [-0.1, -0.05) is 28.1 Å². The fraction of sp³-hybridized carbons (Fsp3) is 0.385. The number of aromatic nitrogens is 3. The van der Waals surface area contributed by atoms with E-state index in [9.17, 15) is 0 Å². The van der Waals surface area contributed by atoms with Crippen LogP contribution in [0.3, 0.4) is 0 Å². The third-order valence-electron chi connectivity index (χ3n) is 2.98. The van der Waals surface area contributed by atoms with Crippen molar-refractivity contribution >= 4 is 15.9 Å². The van der Waals surface area contributed by atoms with Gasteiger partial charge in [0, 0.05) is 18.1 Å². The molecule has 0 bridgehead atoms. The Labute approximate surface area is 116 Å². The van der Waals surface area contributed by atoms with Gasteiger partial charge in [0.25, 0.3) is 0 Å². The summed E-state index contributed by atoms with van der Waals surface area (Å²) in [4.78, 5) is 0. The smallest absolute Gasteiger partial charge is 0.149 e. The van der Waals surface area contributed by atoms with Crippen LogP contribution in [0.1, 0.15) is 29.9 Å². The topological polar surface area (TPSA) is 42.7 Å². The zero-order valence-corrected chi connectivity index (χ0v) is 12.4. The summed E-state index contributed by atoms with van der Waals surface area (Å²) in [6.45, 7) is 4.99. The SMILES string of the molecule is Cc1ccc(CNC(C)c2nncn2C)cc1Br. The molecule has 5 heteroatoms. The second kappa shape index (κ2) is 5.63. The molecule has 0 saturated heterocycles. The molecule has 4 nitrogen and oxygen atoms in total. The first-order chi connectivity index (χ1) is 8.58. The highest BCUT2D eigenvalue weighted by Gasteiger charge is 2.10. The van der Waals surface area contributed by atoms with Crippen LogP contribution in [0.15, 0.2) is 29.0 Å². The highest BCUT2D eigenvalue weighted by molar-refractivity contribution is 9.10. The Bertz CT molecular complexity index is 536. The number of hydrogen-bond acceptors (Lipinski definition) is 3. The monoisotopic (exact) mass is 308 g/mol. The fourth-order valence-electron chi connectivity index (χ4n) is 1.79. The Kier molecular flexibility index (Phi) is 4.14. The van der Waals surface area contributed by atoms with Crippen LogP contribution >= 0.6 is 15.9 Å². The predicted octanol–water partition coefficient (Wildman–Crippen LogP) is 2.74. The van der Waals surface area contributed by atoms with E-state index < -0.39 is 0 Å². The van der Waals surface area contributed by atoms with Crippen LogP contribution in [-0.4, -0.2) is 14.8 Å². The Morgan fingerprint density at radius 2 is 2.22 bits per heavy atom. The predicted molar refractivity (Wildman–Crippen MR) is 75.1 cm³/mol. The van der Waals surface area contributed by atoms with Gasteiger partial charge in [-0.05, 0) is 31.0 Å². The van der Waals surface area contributed by atoms with E-state index in [0.717, 1.165) is 16.8 Å². The van der Waals surface area contributed by atoms with Crippen molar-refractivity contribution < 1.29 is 0 Å². The Morgan fingerprint density at radius 1 is 1.44 bits per heavy atom. The molecule has 2 aromatic rings. The molecule has 1 atom stereocenters. The van der Waals surface area contributed by atoms with E-state index in [0.29, 0.717) is 0 Å². The van der Waals surface area contributed by atoms with Crippen LogP contribution in [0.5, 0.6) is 0 Å². The van der Waals surface area contributed by atoms with E-state index in [2.05, 4.69) is 63.5 Å². The second-order valence-corrected chi connectivity index (χ2v) is 5.34. The molecule has 18 heavy (non-hydrogen) atoms. The summed E-state index contributed by atoms with van der Waals surface area (Å²) in [5, 5.41) is 11.4. The van der Waals surface area contributed by atoms with Crippen LogP contribution in [0, 0.1) is 6.92 Å². The average molecular weight is 309 g/mol. The summed E-state index contributed by atoms with van der Waals surface area (Å²) in [5.74, 6) is 0.946. The summed E-state index contributed by atoms with van der Waals surface area (Å²) in [5.41, 5.74) is 2.50. The number of rotatable bonds is 4. The number of nitrogens with one attached hydrogen (secondary N) is 1. The zero-order valence-electron chi connectivity index (χ0n) is 10.8. The van der Waals surface area contributed by atoms with E-state index in [1.165, 1.54) is 11.1 Å². The van der Waals surface area contributed by atoms with Crippen molar-refractivity contribution in [1.29, 1.82) is 0 Å². The van der Waals surface area contributed by atoms with Gasteiger partial charge in [0.1, 0.15) is 12.2 Å². The average Bonchev–Trinajstić information content (AvgIpc) is 2.77. The number of benzene rings is 1. The minimum Gasteiger partial charge on any atom is -0.319 e. The molecule has 0 aliphatic rings. The summed E-state index contributed by atoms with van der Waals surface area (Å²) in [6, 6.07) is 6.58. The molecule has 0 amide bonds. The zero-order chi connectivity index (χ0) is 13.1. The van der Waals surface area contributed by atoms with Crippen molar-refractivity contribution in [3.8, 4) is 0 Å². The van der Waals surface area contributed by atoms with E-state index in [1.807, 2.05) is 11.6 Å². The number of aryl methyl sites for hydroxylation is 2. The minimum absolute atomic E-state index is 0.178. The first kappa shape index (κ1) is 13.2. The molecular formula is C13H17BrN4. The van der Waals surface area contributed by atoms with Gasteiger partial charge >= 0.3 is 0 Å². The van der Waals surface area contributed by atoms with Gasteiger partial charge in [0.15, 0.2) is 0 Å². The van der Waals surface area contributed by atoms with E-state index in [1.54, 1.807) is 6.33 Å². The van der Waals surface area contributed by atoms with Gasteiger partial charge in [-0.15, -0.1) is 10.2 Å². The van der Waals surface area contributed by atoms with Gasteiger partial charge in [-0.25, -0.2) is 0 Å². The molecule has 1 unspecified atom stereocenters. The van der Waals surface area contributed by atoms with Gasteiger partial charge in [0.05, 0.1) is 6.04 Å². The quantitative estimate of drug-likeness (QED) is 0.944. The number of halogens is 1. The molecule has 1 aromatic heterocycles. The maximum absolute atomic E-state index is 4.10. The molecular weight excluding hydrogens is 292 g/mol. The molecule has 0 aliphatic carbocycles. The first-order valence-electron chi connectivity index (χ1n) is 5.90. The molecule has 1 N–H and O–H groups in total. The summed E-state index contributed by atoms with van der Waals surface area (Å²) in [6.07, 6.45) is 1.72. The lowest BCUT2D eigenvalue weighted by Gasteiger charge is -2.13. The van der Waals surface area contributed by atoms with Crippen molar-refractivity contribution in [2.45, 2.75) is 26.4 Å². The molecule has 96 valence electrons. The van der Waals surface area contributed by atoms with Crippen LogP contribution in [0.2, 0.25) is 0 Å². The van der Waals surface area contributed by atoms with E-state index in [-0.39, 0.29) is 6.04 Å². The first-order valence-corrected chi connectivity index (χ1v) is 6.69. The van der Waals surface area contributed by atoms with E-state index in [4.69, 9.17) is 0 Å². The van der Waals surface area contributed by atoms with Crippen LogP contribution < -0.4 is 5.32 Å². The molecule has 0 saturated carbocycles.